The molecule has 0 N–H and O–H groups in total. The van der Waals surface area contributed by atoms with Crippen LogP contribution in [0.5, 0.6) is 17.2 Å². The zero-order chi connectivity index (χ0) is 28.9. The van der Waals surface area contributed by atoms with Gasteiger partial charge in [0.05, 0.1) is 23.7 Å². The van der Waals surface area contributed by atoms with Crippen molar-refractivity contribution in [3.05, 3.63) is 71.0 Å². The van der Waals surface area contributed by atoms with E-state index in [2.05, 4.69) is 0 Å². The highest BCUT2D eigenvalue weighted by molar-refractivity contribution is 6.00. The van der Waals surface area contributed by atoms with E-state index in [4.69, 9.17) is 41.7 Å². The lowest BCUT2D eigenvalue weighted by atomic mass is 10.0. The van der Waals surface area contributed by atoms with E-state index in [9.17, 15) is 4.79 Å². The lowest BCUT2D eigenvalue weighted by molar-refractivity contribution is -0.271. The maximum absolute atomic E-state index is 12.0. The Hall–Kier alpha value is -4.25. The van der Waals surface area contributed by atoms with E-state index in [-0.39, 0.29) is 18.3 Å². The molecule has 1 spiro atoms. The van der Waals surface area contributed by atoms with Crippen molar-refractivity contribution < 1.29 is 41.7 Å². The van der Waals surface area contributed by atoms with Crippen LogP contribution in [0.2, 0.25) is 0 Å². The van der Waals surface area contributed by atoms with Crippen LogP contribution in [-0.2, 0) is 14.2 Å². The molecule has 8 rings (SSSR count). The van der Waals surface area contributed by atoms with Gasteiger partial charge >= 0.3 is 11.6 Å². The SMILES string of the molecule is CC1(C)OC1COc1c2c(cc3ccoc13)C=CC1(O2)OC(COc2c3occc3cc3ccc(=O)oc23)C(C)(C)O1. The summed E-state index contributed by atoms with van der Waals surface area (Å²) in [4.78, 5) is 12.0. The molecule has 3 atom stereocenters. The molecule has 42 heavy (non-hydrogen) atoms. The lowest BCUT2D eigenvalue weighted by Gasteiger charge is -2.31. The predicted molar refractivity (Wildman–Crippen MR) is 151 cm³/mol. The zero-order valence-corrected chi connectivity index (χ0v) is 23.4. The van der Waals surface area contributed by atoms with Crippen molar-refractivity contribution in [2.24, 2.45) is 0 Å². The summed E-state index contributed by atoms with van der Waals surface area (Å²) in [5.41, 5.74) is 0.576. The molecule has 0 amide bonds. The number of benzene rings is 2. The number of epoxide rings is 1. The molecule has 0 bridgehead atoms. The molecule has 3 unspecified atom stereocenters. The van der Waals surface area contributed by atoms with Gasteiger partial charge in [-0.25, -0.2) is 4.79 Å². The van der Waals surface area contributed by atoms with Gasteiger partial charge in [0.2, 0.25) is 11.5 Å². The third kappa shape index (κ3) is 4.01. The van der Waals surface area contributed by atoms with Crippen LogP contribution >= 0.6 is 0 Å². The van der Waals surface area contributed by atoms with Crippen LogP contribution in [0.3, 0.4) is 0 Å². The number of fused-ring (bicyclic) bond motifs is 4. The Morgan fingerprint density at radius 2 is 1.40 bits per heavy atom. The highest BCUT2D eigenvalue weighted by Crippen LogP contribution is 2.49. The maximum Gasteiger partial charge on any atom is 0.350 e. The van der Waals surface area contributed by atoms with Crippen LogP contribution in [0.25, 0.3) is 39.0 Å². The lowest BCUT2D eigenvalue weighted by Crippen LogP contribution is -2.39. The fraction of sp³-hybridized carbons (Fsp3) is 0.344. The molecule has 10 nitrogen and oxygen atoms in total. The fourth-order valence-electron chi connectivity index (χ4n) is 5.59. The second-order valence-corrected chi connectivity index (χ2v) is 11.9. The highest BCUT2D eigenvalue weighted by atomic mass is 16.9. The molecular formula is C32H28O10. The first-order valence-electron chi connectivity index (χ1n) is 13.8. The topological polar surface area (TPSA) is 115 Å². The molecule has 0 radical (unpaired) electrons. The summed E-state index contributed by atoms with van der Waals surface area (Å²) >= 11 is 0. The van der Waals surface area contributed by atoms with E-state index in [1.807, 2.05) is 58.0 Å². The van der Waals surface area contributed by atoms with Crippen molar-refractivity contribution >= 4 is 39.0 Å². The van der Waals surface area contributed by atoms with E-state index >= 15 is 0 Å². The average molecular weight is 573 g/mol. The first kappa shape index (κ1) is 25.5. The predicted octanol–water partition coefficient (Wildman–Crippen LogP) is 6.17. The van der Waals surface area contributed by atoms with E-state index < -0.39 is 23.3 Å². The summed E-state index contributed by atoms with van der Waals surface area (Å²) in [5.74, 6) is -0.317. The molecule has 6 heterocycles. The molecule has 10 heteroatoms. The molecule has 2 aromatic carbocycles. The van der Waals surface area contributed by atoms with Gasteiger partial charge in [0, 0.05) is 33.9 Å². The van der Waals surface area contributed by atoms with Gasteiger partial charge in [-0.3, -0.25) is 0 Å². The Labute approximate surface area is 239 Å². The normalized spacial score (nSPS) is 25.2. The molecule has 2 saturated heterocycles. The van der Waals surface area contributed by atoms with Crippen LogP contribution in [0.1, 0.15) is 33.3 Å². The third-order valence-corrected chi connectivity index (χ3v) is 8.09. The monoisotopic (exact) mass is 572 g/mol. The summed E-state index contributed by atoms with van der Waals surface area (Å²) in [7, 11) is 0. The van der Waals surface area contributed by atoms with Crippen molar-refractivity contribution in [2.75, 3.05) is 13.2 Å². The summed E-state index contributed by atoms with van der Waals surface area (Å²) < 4.78 is 54.5. The fourth-order valence-corrected chi connectivity index (χ4v) is 5.59. The first-order valence-corrected chi connectivity index (χ1v) is 13.8. The Morgan fingerprint density at radius 3 is 2.14 bits per heavy atom. The molecule has 2 fully saturated rings. The smallest absolute Gasteiger partial charge is 0.350 e. The van der Waals surface area contributed by atoms with Crippen LogP contribution in [-0.4, -0.2) is 42.6 Å². The van der Waals surface area contributed by atoms with Crippen molar-refractivity contribution in [2.45, 2.75) is 57.1 Å². The van der Waals surface area contributed by atoms with Crippen molar-refractivity contribution in [1.29, 1.82) is 0 Å². The first-order chi connectivity index (χ1) is 20.1. The van der Waals surface area contributed by atoms with Gasteiger partial charge < -0.3 is 41.7 Å². The van der Waals surface area contributed by atoms with Gasteiger partial charge in [-0.05, 0) is 64.1 Å². The van der Waals surface area contributed by atoms with E-state index in [0.29, 0.717) is 46.0 Å². The molecule has 3 aromatic heterocycles. The molecule has 216 valence electrons. The average Bonchev–Trinajstić information content (AvgIpc) is 3.35. The van der Waals surface area contributed by atoms with Crippen LogP contribution in [0.4, 0.5) is 0 Å². The van der Waals surface area contributed by atoms with E-state index in [0.717, 1.165) is 16.3 Å². The quantitative estimate of drug-likeness (QED) is 0.173. The van der Waals surface area contributed by atoms with Gasteiger partial charge in [0.1, 0.15) is 25.4 Å². The second kappa shape index (κ2) is 8.64. The summed E-state index contributed by atoms with van der Waals surface area (Å²) in [6.45, 7) is 8.23. The summed E-state index contributed by atoms with van der Waals surface area (Å²) in [5, 5.41) is 2.41. The van der Waals surface area contributed by atoms with E-state index in [1.54, 1.807) is 24.7 Å². The minimum absolute atomic E-state index is 0.0370. The Kier molecular flexibility index (Phi) is 5.23. The van der Waals surface area contributed by atoms with Crippen molar-refractivity contribution in [1.82, 2.24) is 0 Å². The van der Waals surface area contributed by atoms with Crippen LogP contribution < -0.4 is 19.8 Å². The minimum Gasteiger partial charge on any atom is -0.483 e. The standard InChI is InChI=1S/C32H28O10/c1-30(2)21(39-30)15-37-29-25-20(9-12-35-25)14-18-7-10-32(41-27(18)29)40-22(31(3,4)42-32)16-36-28-24-19(8-11-34-24)13-17-5-6-23(33)38-26(17)28/h5-14,21-22H,15-16H2,1-4H3. The summed E-state index contributed by atoms with van der Waals surface area (Å²) in [6.07, 6.45) is 6.18. The maximum atomic E-state index is 12.0. The summed E-state index contributed by atoms with van der Waals surface area (Å²) in [6, 6.07) is 10.6. The number of hydrogen-bond donors (Lipinski definition) is 0. The second-order valence-electron chi connectivity index (χ2n) is 11.9. The number of hydrogen-bond acceptors (Lipinski definition) is 10. The number of furan rings is 2. The molecule has 0 aliphatic carbocycles. The van der Waals surface area contributed by atoms with Gasteiger partial charge in [-0.2, -0.15) is 0 Å². The van der Waals surface area contributed by atoms with Gasteiger partial charge in [-0.1, -0.05) is 0 Å². The molecule has 5 aromatic rings. The highest BCUT2D eigenvalue weighted by Gasteiger charge is 2.55. The zero-order valence-electron chi connectivity index (χ0n) is 23.4. The van der Waals surface area contributed by atoms with Gasteiger partial charge in [-0.15, -0.1) is 0 Å². The van der Waals surface area contributed by atoms with E-state index in [1.165, 1.54) is 6.07 Å². The number of rotatable bonds is 6. The Morgan fingerprint density at radius 1 is 0.762 bits per heavy atom. The van der Waals surface area contributed by atoms with Crippen LogP contribution in [0.15, 0.2) is 73.0 Å². The number of ether oxygens (including phenoxy) is 6. The molecular weight excluding hydrogens is 544 g/mol. The van der Waals surface area contributed by atoms with Crippen molar-refractivity contribution in [3.63, 3.8) is 0 Å². The van der Waals surface area contributed by atoms with Gasteiger partial charge in [0.25, 0.3) is 0 Å². The largest absolute Gasteiger partial charge is 0.483 e. The third-order valence-electron chi connectivity index (χ3n) is 8.09. The Balaban J connectivity index is 1.09. The van der Waals surface area contributed by atoms with Crippen molar-refractivity contribution in [3.8, 4) is 17.2 Å². The molecule has 0 saturated carbocycles. The van der Waals surface area contributed by atoms with Gasteiger partial charge in [0.15, 0.2) is 22.5 Å². The van der Waals surface area contributed by atoms with Crippen LogP contribution in [0, 0.1) is 0 Å². The molecule has 3 aliphatic heterocycles. The Bertz CT molecular complexity index is 1960. The minimum atomic E-state index is -1.54. The molecule has 3 aliphatic rings.